The molecule has 2 N–H and O–H groups in total. The minimum Gasteiger partial charge on any atom is -0.496 e. The van der Waals surface area contributed by atoms with Crippen LogP contribution in [0.25, 0.3) is 0 Å². The molecule has 0 spiro atoms. The van der Waals surface area contributed by atoms with Crippen LogP contribution in [0.1, 0.15) is 55.5 Å². The van der Waals surface area contributed by atoms with Crippen molar-refractivity contribution in [2.45, 2.75) is 44.9 Å². The highest BCUT2D eigenvalue weighted by molar-refractivity contribution is 6.01. The third kappa shape index (κ3) is 6.68. The number of piperidine rings is 1. The maximum Gasteiger partial charge on any atom is 0.255 e. The number of hydrogen-bond acceptors (Lipinski definition) is 4. The normalized spacial score (nSPS) is 15.2. The van der Waals surface area contributed by atoms with Gasteiger partial charge in [-0.15, -0.1) is 0 Å². The fraction of sp³-hybridized carbons (Fsp3) is 0.407. The Morgan fingerprint density at radius 1 is 1.11 bits per heavy atom. The number of nitrogens with zero attached hydrogens (tertiary/aromatic N) is 2. The molecule has 1 saturated heterocycles. The number of likely N-dealkylation sites (tertiary alicyclic amines) is 1. The van der Waals surface area contributed by atoms with E-state index >= 15 is 0 Å². The Morgan fingerprint density at radius 2 is 1.83 bits per heavy atom. The number of benzene rings is 2. The lowest BCUT2D eigenvalue weighted by atomic mass is 9.72. The zero-order valence-corrected chi connectivity index (χ0v) is 21.0. The summed E-state index contributed by atoms with van der Waals surface area (Å²) in [5.41, 5.74) is 0.647. The Morgan fingerprint density at radius 3 is 2.47 bits per heavy atom. The number of nitrogens with one attached hydrogen (secondary N) is 2. The van der Waals surface area contributed by atoms with Crippen LogP contribution in [0.2, 0.25) is 0 Å². The van der Waals surface area contributed by atoms with Crippen molar-refractivity contribution in [1.82, 2.24) is 15.5 Å². The van der Waals surface area contributed by atoms with Gasteiger partial charge in [0.1, 0.15) is 11.6 Å². The molecule has 0 radical (unpaired) electrons. The van der Waals surface area contributed by atoms with E-state index in [9.17, 15) is 18.8 Å². The molecule has 0 aliphatic carbocycles. The van der Waals surface area contributed by atoms with Crippen molar-refractivity contribution in [3.63, 3.8) is 0 Å². The van der Waals surface area contributed by atoms with E-state index in [0.717, 1.165) is 5.56 Å². The minimum absolute atomic E-state index is 0.205. The van der Waals surface area contributed by atoms with Gasteiger partial charge in [-0.2, -0.15) is 4.99 Å². The van der Waals surface area contributed by atoms with Crippen LogP contribution in [-0.4, -0.2) is 55.3 Å². The third-order valence-electron chi connectivity index (χ3n) is 6.39. The molecule has 2 aromatic carbocycles. The second-order valence-electron chi connectivity index (χ2n) is 8.91. The molecule has 3 rings (SSSR count). The highest BCUT2D eigenvalue weighted by Gasteiger charge is 2.38. The number of carbonyl (C=O) groups excluding carboxylic acids is 3. The molecule has 192 valence electrons. The molecule has 1 heterocycles. The van der Waals surface area contributed by atoms with Crippen LogP contribution >= 0.6 is 0 Å². The summed E-state index contributed by atoms with van der Waals surface area (Å²) in [5, 5.41) is 5.77. The van der Waals surface area contributed by atoms with Gasteiger partial charge in [0.25, 0.3) is 5.91 Å². The number of guanidine groups is 1. The van der Waals surface area contributed by atoms with E-state index in [0.29, 0.717) is 50.1 Å². The first-order valence-electron chi connectivity index (χ1n) is 12.1. The van der Waals surface area contributed by atoms with Crippen LogP contribution in [0.5, 0.6) is 5.75 Å². The van der Waals surface area contributed by atoms with Gasteiger partial charge in [0, 0.05) is 38.4 Å². The summed E-state index contributed by atoms with van der Waals surface area (Å²) in [4.78, 5) is 42.8. The van der Waals surface area contributed by atoms with Crippen molar-refractivity contribution in [2.24, 2.45) is 4.99 Å². The highest BCUT2D eigenvalue weighted by atomic mass is 19.1. The summed E-state index contributed by atoms with van der Waals surface area (Å²) in [7, 11) is 1.51. The fourth-order valence-corrected chi connectivity index (χ4v) is 4.45. The van der Waals surface area contributed by atoms with Crippen molar-refractivity contribution in [2.75, 3.05) is 26.7 Å². The lowest BCUT2D eigenvalue weighted by Crippen LogP contribution is -2.53. The van der Waals surface area contributed by atoms with Gasteiger partial charge in [-0.1, -0.05) is 31.2 Å². The fourth-order valence-electron chi connectivity index (χ4n) is 4.45. The van der Waals surface area contributed by atoms with Crippen LogP contribution in [0.4, 0.5) is 4.39 Å². The molecule has 9 heteroatoms. The highest BCUT2D eigenvalue weighted by Crippen LogP contribution is 2.36. The van der Waals surface area contributed by atoms with Crippen molar-refractivity contribution >= 4 is 23.7 Å². The Bertz CT molecular complexity index is 1130. The molecule has 1 fully saturated rings. The van der Waals surface area contributed by atoms with Gasteiger partial charge in [-0.25, -0.2) is 4.39 Å². The van der Waals surface area contributed by atoms with E-state index in [1.54, 1.807) is 30.3 Å². The maximum atomic E-state index is 14.2. The summed E-state index contributed by atoms with van der Waals surface area (Å²) >= 11 is 0. The first-order valence-corrected chi connectivity index (χ1v) is 12.1. The van der Waals surface area contributed by atoms with Crippen molar-refractivity contribution < 1.29 is 23.5 Å². The Hall–Kier alpha value is -3.75. The number of ether oxygens (including phenoxy) is 1. The zero-order chi connectivity index (χ0) is 26.1. The van der Waals surface area contributed by atoms with Gasteiger partial charge in [0.2, 0.25) is 17.8 Å². The minimum atomic E-state index is -0.551. The quantitative estimate of drug-likeness (QED) is 0.452. The van der Waals surface area contributed by atoms with Crippen molar-refractivity contribution in [3.8, 4) is 5.75 Å². The van der Waals surface area contributed by atoms with E-state index in [2.05, 4.69) is 15.6 Å². The predicted octanol–water partition coefficient (Wildman–Crippen LogP) is 3.42. The van der Waals surface area contributed by atoms with Crippen molar-refractivity contribution in [3.05, 3.63) is 65.5 Å². The van der Waals surface area contributed by atoms with Gasteiger partial charge < -0.3 is 15.0 Å². The predicted molar refractivity (Wildman–Crippen MR) is 135 cm³/mol. The molecule has 3 amide bonds. The summed E-state index contributed by atoms with van der Waals surface area (Å²) in [6, 6.07) is 13.4. The van der Waals surface area contributed by atoms with E-state index < -0.39 is 11.3 Å². The first-order chi connectivity index (χ1) is 17.3. The van der Waals surface area contributed by atoms with Crippen LogP contribution in [0, 0.1) is 5.82 Å². The number of amides is 3. The maximum absolute atomic E-state index is 14.2. The number of halogens is 1. The van der Waals surface area contributed by atoms with Gasteiger partial charge >= 0.3 is 0 Å². The lowest BCUT2D eigenvalue weighted by molar-refractivity contribution is -0.119. The summed E-state index contributed by atoms with van der Waals surface area (Å²) in [6.07, 6.45) is 2.09. The Labute approximate surface area is 210 Å². The topological polar surface area (TPSA) is 100 Å². The smallest absolute Gasteiger partial charge is 0.255 e. The number of hydrogen-bond donors (Lipinski definition) is 2. The third-order valence-corrected chi connectivity index (χ3v) is 6.39. The second-order valence-corrected chi connectivity index (χ2v) is 8.91. The summed E-state index contributed by atoms with van der Waals surface area (Å²) in [6.45, 7) is 4.43. The van der Waals surface area contributed by atoms with Gasteiger partial charge in [-0.3, -0.25) is 19.7 Å². The van der Waals surface area contributed by atoms with Gasteiger partial charge in [0.15, 0.2) is 0 Å². The molecule has 36 heavy (non-hydrogen) atoms. The summed E-state index contributed by atoms with van der Waals surface area (Å²) < 4.78 is 19.5. The number of methoxy groups -OCH3 is 1. The number of rotatable bonds is 7. The molecule has 2 aromatic rings. The molecule has 0 saturated carbocycles. The SMILES string of the molecule is CCCC(=O)N/C(=N\C(C)=O)N1CCC(CNC(=O)c2ccccc2OC)(c2cccc(F)c2)CC1. The Kier molecular flexibility index (Phi) is 9.16. The second kappa shape index (κ2) is 12.3. The van der Waals surface area contributed by atoms with E-state index in [-0.39, 0.29) is 30.1 Å². The number of aliphatic imine (C=N–C) groups is 1. The number of para-hydroxylation sites is 1. The largest absolute Gasteiger partial charge is 0.496 e. The molecular weight excluding hydrogens is 463 g/mol. The molecule has 0 unspecified atom stereocenters. The van der Waals surface area contributed by atoms with E-state index in [1.807, 2.05) is 17.9 Å². The number of carbonyl (C=O) groups is 3. The van der Waals surface area contributed by atoms with Crippen LogP contribution in [0.3, 0.4) is 0 Å². The molecule has 8 nitrogen and oxygen atoms in total. The van der Waals surface area contributed by atoms with Gasteiger partial charge in [0.05, 0.1) is 12.7 Å². The van der Waals surface area contributed by atoms with Crippen LogP contribution < -0.4 is 15.4 Å². The first kappa shape index (κ1) is 26.8. The monoisotopic (exact) mass is 496 g/mol. The summed E-state index contributed by atoms with van der Waals surface area (Å²) in [5.74, 6) is -0.548. The molecular formula is C27H33FN4O4. The van der Waals surface area contributed by atoms with Crippen LogP contribution in [-0.2, 0) is 15.0 Å². The molecule has 1 aliphatic rings. The molecule has 0 bridgehead atoms. The van der Waals surface area contributed by atoms with Gasteiger partial charge in [-0.05, 0) is 49.1 Å². The average Bonchev–Trinajstić information content (AvgIpc) is 2.87. The standard InChI is InChI=1S/C27H33FN4O4/c1-4-8-24(34)31-26(30-19(2)33)32-15-13-27(14-16-32,20-9-7-10-21(28)17-20)18-29-25(35)22-11-5-6-12-23(22)36-3/h5-7,9-12,17H,4,8,13-16,18H2,1-3H3,(H,29,35)(H,30,31,33,34). The van der Waals surface area contributed by atoms with E-state index in [1.165, 1.54) is 26.2 Å². The molecule has 0 aromatic heterocycles. The molecule has 0 atom stereocenters. The lowest BCUT2D eigenvalue weighted by Gasteiger charge is -2.43. The molecule has 1 aliphatic heterocycles. The zero-order valence-electron chi connectivity index (χ0n) is 21.0. The van der Waals surface area contributed by atoms with E-state index in [4.69, 9.17) is 4.74 Å². The average molecular weight is 497 g/mol. The van der Waals surface area contributed by atoms with Crippen LogP contribution in [0.15, 0.2) is 53.5 Å². The Balaban J connectivity index is 1.82. The van der Waals surface area contributed by atoms with Crippen molar-refractivity contribution in [1.29, 1.82) is 0 Å².